The van der Waals surface area contributed by atoms with Crippen LogP contribution in [-0.4, -0.2) is 16.2 Å². The van der Waals surface area contributed by atoms with Gasteiger partial charge < -0.3 is 5.73 Å². The summed E-state index contributed by atoms with van der Waals surface area (Å²) in [7, 11) is 0. The van der Waals surface area contributed by atoms with E-state index in [0.717, 1.165) is 58.9 Å². The van der Waals surface area contributed by atoms with Crippen LogP contribution in [-0.2, 0) is 25.7 Å². The molecule has 4 heteroatoms. The summed E-state index contributed by atoms with van der Waals surface area (Å²) in [4.78, 5) is 14.5. The molecule has 7 rings (SSSR count). The molecule has 0 spiro atoms. The van der Waals surface area contributed by atoms with Crippen molar-refractivity contribution in [2.24, 2.45) is 4.99 Å². The molecule has 2 N–H and O–H groups in total. The summed E-state index contributed by atoms with van der Waals surface area (Å²) in [5.41, 5.74) is 17.9. The van der Waals surface area contributed by atoms with E-state index in [0.29, 0.717) is 0 Å². The second-order valence-corrected chi connectivity index (χ2v) is 10.4. The number of nitrogen functional groups attached to an aromatic ring is 1. The molecule has 5 aromatic rings. The highest BCUT2D eigenvalue weighted by Crippen LogP contribution is 2.35. The van der Waals surface area contributed by atoms with Crippen molar-refractivity contribution in [1.82, 2.24) is 9.97 Å². The first kappa shape index (κ1) is 24.3. The lowest BCUT2D eigenvalue weighted by atomic mass is 9.93. The molecule has 0 radical (unpaired) electrons. The van der Waals surface area contributed by atoms with Crippen LogP contribution in [0.4, 0.5) is 11.4 Å². The van der Waals surface area contributed by atoms with E-state index in [9.17, 15) is 0 Å². The number of para-hydroxylation sites is 2. The van der Waals surface area contributed by atoms with E-state index in [1.54, 1.807) is 0 Å². The Labute approximate surface area is 224 Å². The molecule has 2 aromatic heterocycles. The van der Waals surface area contributed by atoms with Crippen molar-refractivity contribution in [3.8, 4) is 0 Å². The first-order chi connectivity index (χ1) is 18.7. The molecule has 2 heterocycles. The summed E-state index contributed by atoms with van der Waals surface area (Å²) in [6.07, 6.45) is 11.3. The zero-order chi connectivity index (χ0) is 25.9. The molecule has 0 bridgehead atoms. The maximum atomic E-state index is 6.20. The summed E-state index contributed by atoms with van der Waals surface area (Å²) in [5, 5.41) is 2.27. The summed E-state index contributed by atoms with van der Waals surface area (Å²) < 4.78 is 0. The fraction of sp³-hybridized carbons (Fsp3) is 0.265. The lowest BCUT2D eigenvalue weighted by molar-refractivity contribution is 0.672. The van der Waals surface area contributed by atoms with Crippen LogP contribution in [0.25, 0.3) is 21.8 Å². The standard InChI is InChI=1S/C21H20N2.C13H14N2/c1-15-8-2-3-9-16(15)14-22-21-17-10-4-6-12-19(17)23-20-13-7-5-11-18(20)21;14-13-9-5-1-3-7-11(9)15-12-8-4-2-6-10(12)13/h2-4,6,8-10,12,14H,5,7,11,13H2,1H3;1,3,5,7H,2,4,6,8H2,(H2,14,15). The van der Waals surface area contributed by atoms with Crippen molar-refractivity contribution in [1.29, 1.82) is 0 Å². The zero-order valence-corrected chi connectivity index (χ0v) is 22.1. The van der Waals surface area contributed by atoms with Crippen molar-refractivity contribution < 1.29 is 0 Å². The number of hydrogen-bond donors (Lipinski definition) is 1. The maximum Gasteiger partial charge on any atom is 0.0774 e. The Kier molecular flexibility index (Phi) is 6.87. The highest BCUT2D eigenvalue weighted by molar-refractivity contribution is 5.95. The monoisotopic (exact) mass is 498 g/mol. The number of nitrogens with zero attached hydrogens (tertiary/aromatic N) is 3. The van der Waals surface area contributed by atoms with Crippen LogP contribution in [0.2, 0.25) is 0 Å². The molecule has 0 atom stereocenters. The van der Waals surface area contributed by atoms with Crippen LogP contribution in [0.5, 0.6) is 0 Å². The molecule has 2 aliphatic carbocycles. The summed E-state index contributed by atoms with van der Waals surface area (Å²) in [5.74, 6) is 0. The Hall–Kier alpha value is -4.05. The van der Waals surface area contributed by atoms with Gasteiger partial charge in [-0.05, 0) is 92.7 Å². The third-order valence-electron chi connectivity index (χ3n) is 7.87. The molecule has 190 valence electrons. The Morgan fingerprint density at radius 2 is 1.21 bits per heavy atom. The van der Waals surface area contributed by atoms with Gasteiger partial charge in [0.2, 0.25) is 0 Å². The van der Waals surface area contributed by atoms with Gasteiger partial charge in [-0.3, -0.25) is 15.0 Å². The van der Waals surface area contributed by atoms with Gasteiger partial charge in [0.1, 0.15) is 0 Å². The minimum Gasteiger partial charge on any atom is -0.398 e. The van der Waals surface area contributed by atoms with Gasteiger partial charge in [-0.15, -0.1) is 0 Å². The SMILES string of the molecule is Cc1ccccc1C=Nc1c2c(nc3ccccc13)CCCC2.Nc1c2c(nc3ccccc13)CCCC2. The Bertz CT molecular complexity index is 1650. The number of aromatic nitrogens is 2. The first-order valence-corrected chi connectivity index (χ1v) is 13.8. The van der Waals surface area contributed by atoms with Crippen LogP contribution in [0, 0.1) is 6.92 Å². The molecule has 3 aromatic carbocycles. The van der Waals surface area contributed by atoms with E-state index >= 15 is 0 Å². The van der Waals surface area contributed by atoms with Gasteiger partial charge in [-0.25, -0.2) is 0 Å². The van der Waals surface area contributed by atoms with Crippen LogP contribution in [0.3, 0.4) is 0 Å². The van der Waals surface area contributed by atoms with E-state index in [1.165, 1.54) is 59.3 Å². The molecule has 0 unspecified atom stereocenters. The molecule has 0 aliphatic heterocycles. The van der Waals surface area contributed by atoms with Gasteiger partial charge in [0.25, 0.3) is 0 Å². The minimum atomic E-state index is 0.954. The van der Waals surface area contributed by atoms with Crippen LogP contribution < -0.4 is 5.73 Å². The van der Waals surface area contributed by atoms with Crippen LogP contribution in [0.15, 0.2) is 77.8 Å². The van der Waals surface area contributed by atoms with Gasteiger partial charge >= 0.3 is 0 Å². The predicted molar refractivity (Wildman–Crippen MR) is 160 cm³/mol. The number of hydrogen-bond acceptors (Lipinski definition) is 4. The number of aryl methyl sites for hydroxylation is 3. The average Bonchev–Trinajstić information content (AvgIpc) is 2.96. The highest BCUT2D eigenvalue weighted by Gasteiger charge is 2.18. The second kappa shape index (κ2) is 10.7. The smallest absolute Gasteiger partial charge is 0.0774 e. The topological polar surface area (TPSA) is 64.2 Å². The predicted octanol–water partition coefficient (Wildman–Crippen LogP) is 7.87. The Morgan fingerprint density at radius 3 is 1.95 bits per heavy atom. The zero-order valence-electron chi connectivity index (χ0n) is 22.1. The van der Waals surface area contributed by atoms with Gasteiger partial charge in [0.15, 0.2) is 0 Å². The number of aliphatic imine (C=N–C) groups is 1. The van der Waals surface area contributed by atoms with Crippen molar-refractivity contribution in [3.63, 3.8) is 0 Å². The van der Waals surface area contributed by atoms with Gasteiger partial charge in [0.05, 0.1) is 16.7 Å². The van der Waals surface area contributed by atoms with Crippen molar-refractivity contribution in [2.75, 3.05) is 5.73 Å². The number of rotatable bonds is 2. The molecule has 0 fully saturated rings. The first-order valence-electron chi connectivity index (χ1n) is 13.8. The van der Waals surface area contributed by atoms with Crippen molar-refractivity contribution >= 4 is 39.4 Å². The molecule has 0 saturated carbocycles. The molecular weight excluding hydrogens is 464 g/mol. The highest BCUT2D eigenvalue weighted by atomic mass is 14.8. The van der Waals surface area contributed by atoms with E-state index in [4.69, 9.17) is 20.7 Å². The average molecular weight is 499 g/mol. The van der Waals surface area contributed by atoms with Crippen LogP contribution >= 0.6 is 0 Å². The van der Waals surface area contributed by atoms with Gasteiger partial charge in [-0.1, -0.05) is 60.7 Å². The molecule has 0 saturated heterocycles. The number of fused-ring (bicyclic) bond motifs is 4. The fourth-order valence-corrected chi connectivity index (χ4v) is 5.77. The lowest BCUT2D eigenvalue weighted by Gasteiger charge is -2.18. The lowest BCUT2D eigenvalue weighted by Crippen LogP contribution is -2.09. The van der Waals surface area contributed by atoms with E-state index < -0.39 is 0 Å². The van der Waals surface area contributed by atoms with Gasteiger partial charge in [0, 0.05) is 34.1 Å². The third-order valence-corrected chi connectivity index (χ3v) is 7.87. The third kappa shape index (κ3) is 4.79. The normalized spacial score (nSPS) is 14.7. The summed E-state index contributed by atoms with van der Waals surface area (Å²) in [6, 6.07) is 24.9. The molecular formula is C34H34N4. The number of anilines is 1. The van der Waals surface area contributed by atoms with Crippen molar-refractivity contribution in [3.05, 3.63) is 106 Å². The van der Waals surface area contributed by atoms with E-state index in [2.05, 4.69) is 61.5 Å². The van der Waals surface area contributed by atoms with Gasteiger partial charge in [-0.2, -0.15) is 0 Å². The molecule has 2 aliphatic rings. The molecule has 4 nitrogen and oxygen atoms in total. The largest absolute Gasteiger partial charge is 0.398 e. The quantitative estimate of drug-likeness (QED) is 0.252. The summed E-state index contributed by atoms with van der Waals surface area (Å²) in [6.45, 7) is 2.13. The second-order valence-electron chi connectivity index (χ2n) is 10.4. The van der Waals surface area contributed by atoms with E-state index in [1.807, 2.05) is 24.4 Å². The van der Waals surface area contributed by atoms with E-state index in [-0.39, 0.29) is 0 Å². The van der Waals surface area contributed by atoms with Crippen LogP contribution in [0.1, 0.15) is 59.3 Å². The maximum absolute atomic E-state index is 6.20. The Balaban J connectivity index is 0.000000152. The number of pyridine rings is 2. The number of benzene rings is 3. The molecule has 38 heavy (non-hydrogen) atoms. The Morgan fingerprint density at radius 1 is 0.658 bits per heavy atom. The summed E-state index contributed by atoms with van der Waals surface area (Å²) >= 11 is 0. The minimum absolute atomic E-state index is 0.954. The number of nitrogens with two attached hydrogens (primary N) is 1. The fourth-order valence-electron chi connectivity index (χ4n) is 5.77. The molecule has 0 amide bonds. The van der Waals surface area contributed by atoms with Crippen molar-refractivity contribution in [2.45, 2.75) is 58.3 Å².